The Hall–Kier alpha value is -1.72. The monoisotopic (exact) mass is 302 g/mol. The molecule has 1 saturated heterocycles. The average molecular weight is 302 g/mol. The first kappa shape index (κ1) is 13.9. The molecule has 2 heterocycles. The van der Waals surface area contributed by atoms with E-state index >= 15 is 0 Å². The van der Waals surface area contributed by atoms with Crippen LogP contribution in [0.5, 0.6) is 0 Å². The number of aliphatic hydroxyl groups is 1. The van der Waals surface area contributed by atoms with Crippen molar-refractivity contribution in [1.29, 1.82) is 0 Å². The number of anilines is 1. The molecule has 0 bridgehead atoms. The normalized spacial score (nSPS) is 30.8. The summed E-state index contributed by atoms with van der Waals surface area (Å²) in [5, 5.41) is 10.4. The summed E-state index contributed by atoms with van der Waals surface area (Å²) in [6.45, 7) is 0. The van der Waals surface area contributed by atoms with Crippen LogP contribution < -0.4 is 5.73 Å². The first-order chi connectivity index (χ1) is 10.6. The van der Waals surface area contributed by atoms with E-state index in [1.165, 1.54) is 6.07 Å². The zero-order valence-corrected chi connectivity index (χ0v) is 12.2. The molecular formula is C17H19FN2O2. The van der Waals surface area contributed by atoms with Gasteiger partial charge in [-0.2, -0.15) is 0 Å². The van der Waals surface area contributed by atoms with E-state index < -0.39 is 12.1 Å². The van der Waals surface area contributed by atoms with Crippen LogP contribution in [0.1, 0.15) is 24.8 Å². The van der Waals surface area contributed by atoms with Crippen molar-refractivity contribution in [3.63, 3.8) is 0 Å². The quantitative estimate of drug-likeness (QED) is 0.895. The maximum atomic E-state index is 13.4. The number of pyridine rings is 1. The lowest BCUT2D eigenvalue weighted by Gasteiger charge is -2.19. The highest BCUT2D eigenvalue weighted by atomic mass is 19.1. The zero-order valence-electron chi connectivity index (χ0n) is 12.2. The van der Waals surface area contributed by atoms with Crippen molar-refractivity contribution in [2.45, 2.75) is 38.1 Å². The number of aromatic nitrogens is 1. The van der Waals surface area contributed by atoms with Crippen LogP contribution in [0.2, 0.25) is 0 Å². The van der Waals surface area contributed by atoms with E-state index in [4.69, 9.17) is 10.5 Å². The molecule has 4 rings (SSSR count). The van der Waals surface area contributed by atoms with Gasteiger partial charge in [-0.1, -0.05) is 12.1 Å². The second-order valence-electron chi connectivity index (χ2n) is 6.48. The van der Waals surface area contributed by atoms with Gasteiger partial charge in [0.1, 0.15) is 0 Å². The van der Waals surface area contributed by atoms with Crippen LogP contribution in [0.4, 0.5) is 10.2 Å². The van der Waals surface area contributed by atoms with Gasteiger partial charge in [0.15, 0.2) is 17.9 Å². The summed E-state index contributed by atoms with van der Waals surface area (Å²) in [5.74, 6) is 0.376. The molecule has 0 radical (unpaired) electrons. The van der Waals surface area contributed by atoms with Gasteiger partial charge in [0, 0.05) is 11.8 Å². The van der Waals surface area contributed by atoms with E-state index in [1.54, 1.807) is 0 Å². The van der Waals surface area contributed by atoms with Gasteiger partial charge in [-0.3, -0.25) is 0 Å². The Labute approximate surface area is 128 Å². The Morgan fingerprint density at radius 3 is 3.05 bits per heavy atom. The lowest BCUT2D eigenvalue weighted by Crippen LogP contribution is -2.21. The fourth-order valence-corrected chi connectivity index (χ4v) is 3.96. The van der Waals surface area contributed by atoms with E-state index in [0.29, 0.717) is 11.8 Å². The third-order valence-electron chi connectivity index (χ3n) is 5.02. The number of ether oxygens (including phenoxy) is 1. The molecule has 1 saturated carbocycles. The van der Waals surface area contributed by atoms with E-state index in [-0.39, 0.29) is 11.9 Å². The van der Waals surface area contributed by atoms with Gasteiger partial charge in [0.2, 0.25) is 0 Å². The first-order valence-corrected chi connectivity index (χ1v) is 7.78. The summed E-state index contributed by atoms with van der Waals surface area (Å²) in [6.07, 6.45) is 3.46. The number of aliphatic hydroxyl groups excluding tert-OH is 1. The summed E-state index contributed by atoms with van der Waals surface area (Å²) in [4.78, 5) is 4.12. The van der Waals surface area contributed by atoms with Crippen molar-refractivity contribution in [1.82, 2.24) is 4.98 Å². The molecule has 2 aliphatic rings. The molecule has 1 aliphatic carbocycles. The highest BCUT2D eigenvalue weighted by Crippen LogP contribution is 2.43. The van der Waals surface area contributed by atoms with Crippen LogP contribution in [0.25, 0.3) is 10.9 Å². The third kappa shape index (κ3) is 2.34. The first-order valence-electron chi connectivity index (χ1n) is 7.78. The maximum Gasteiger partial charge on any atom is 0.165 e. The summed E-state index contributed by atoms with van der Waals surface area (Å²) < 4.78 is 19.1. The number of nitrogens with zero attached hydrogens (tertiary/aromatic N) is 1. The topological polar surface area (TPSA) is 68.4 Å². The number of fused-ring (bicyclic) bond motifs is 2. The molecule has 4 nitrogen and oxygen atoms in total. The average Bonchev–Trinajstić information content (AvgIpc) is 3.01. The van der Waals surface area contributed by atoms with Gasteiger partial charge < -0.3 is 15.6 Å². The van der Waals surface area contributed by atoms with Gasteiger partial charge >= 0.3 is 0 Å². The number of hydrogen-bond donors (Lipinski definition) is 2. The largest absolute Gasteiger partial charge is 0.381 e. The minimum Gasteiger partial charge on any atom is -0.381 e. The molecule has 4 unspecified atom stereocenters. The fraction of sp³-hybridized carbons (Fsp3) is 0.471. The molecule has 116 valence electrons. The minimum absolute atomic E-state index is 0.0622. The van der Waals surface area contributed by atoms with Crippen molar-refractivity contribution >= 4 is 16.7 Å². The third-order valence-corrected chi connectivity index (χ3v) is 5.02. The van der Waals surface area contributed by atoms with Gasteiger partial charge in [-0.25, -0.2) is 9.37 Å². The Morgan fingerprint density at radius 1 is 1.32 bits per heavy atom. The van der Waals surface area contributed by atoms with Crippen LogP contribution in [-0.4, -0.2) is 22.5 Å². The molecular weight excluding hydrogens is 283 g/mol. The summed E-state index contributed by atoms with van der Waals surface area (Å²) >= 11 is 0. The predicted octanol–water partition coefficient (Wildman–Crippen LogP) is 2.63. The lowest BCUT2D eigenvalue weighted by atomic mass is 9.93. The molecule has 0 spiro atoms. The van der Waals surface area contributed by atoms with Gasteiger partial charge in [-0.15, -0.1) is 0 Å². The molecule has 3 N–H and O–H groups in total. The van der Waals surface area contributed by atoms with Crippen molar-refractivity contribution < 1.29 is 14.2 Å². The van der Waals surface area contributed by atoms with Crippen molar-refractivity contribution in [2.24, 2.45) is 11.8 Å². The summed E-state index contributed by atoms with van der Waals surface area (Å²) in [6, 6.07) is 7.29. The molecule has 4 atom stereocenters. The molecule has 22 heavy (non-hydrogen) atoms. The minimum atomic E-state index is -0.598. The molecule has 5 heteroatoms. The number of benzene rings is 1. The van der Waals surface area contributed by atoms with E-state index in [1.807, 2.05) is 18.2 Å². The smallest absolute Gasteiger partial charge is 0.165 e. The van der Waals surface area contributed by atoms with Gasteiger partial charge in [-0.05, 0) is 48.8 Å². The fourth-order valence-electron chi connectivity index (χ4n) is 3.96. The summed E-state index contributed by atoms with van der Waals surface area (Å²) in [5.41, 5.74) is 7.43. The number of rotatable bonds is 2. The molecule has 1 aromatic carbocycles. The van der Waals surface area contributed by atoms with Crippen LogP contribution in [0.3, 0.4) is 0 Å². The van der Waals surface area contributed by atoms with Crippen molar-refractivity contribution in [3.05, 3.63) is 35.6 Å². The number of nitrogen functional groups attached to an aromatic ring is 1. The van der Waals surface area contributed by atoms with E-state index in [0.717, 1.165) is 42.1 Å². The molecule has 2 fully saturated rings. The molecule has 0 amide bonds. The maximum absolute atomic E-state index is 13.4. The van der Waals surface area contributed by atoms with E-state index in [9.17, 15) is 9.50 Å². The van der Waals surface area contributed by atoms with Crippen LogP contribution >= 0.6 is 0 Å². The Bertz CT molecular complexity index is 721. The highest BCUT2D eigenvalue weighted by molar-refractivity contribution is 5.80. The van der Waals surface area contributed by atoms with Crippen LogP contribution in [0, 0.1) is 17.7 Å². The SMILES string of the molecule is Nc1nc2cc(CC3CCC4CC(O)OC34)ccc2cc1F. The standard InChI is InChI=1S/C17H19FN2O2/c18-13-7-10-2-1-9(6-14(10)20-17(13)19)5-11-3-4-12-8-15(21)22-16(11)12/h1-2,6-7,11-12,15-16,21H,3-5,8H2,(H2,19,20). The van der Waals surface area contributed by atoms with E-state index in [2.05, 4.69) is 4.98 Å². The van der Waals surface area contributed by atoms with Crippen molar-refractivity contribution in [3.8, 4) is 0 Å². The van der Waals surface area contributed by atoms with Gasteiger partial charge in [0.25, 0.3) is 0 Å². The number of nitrogens with two attached hydrogens (primary N) is 1. The lowest BCUT2D eigenvalue weighted by molar-refractivity contribution is -0.103. The number of halogens is 1. The highest BCUT2D eigenvalue weighted by Gasteiger charge is 2.43. The molecule has 1 aliphatic heterocycles. The molecule has 1 aromatic heterocycles. The predicted molar refractivity (Wildman–Crippen MR) is 81.5 cm³/mol. The van der Waals surface area contributed by atoms with Gasteiger partial charge in [0.05, 0.1) is 11.6 Å². The van der Waals surface area contributed by atoms with Crippen molar-refractivity contribution in [2.75, 3.05) is 5.73 Å². The second-order valence-corrected chi connectivity index (χ2v) is 6.48. The van der Waals surface area contributed by atoms with Crippen LogP contribution in [0.15, 0.2) is 24.3 Å². The molecule has 2 aromatic rings. The zero-order chi connectivity index (χ0) is 15.3. The number of hydrogen-bond acceptors (Lipinski definition) is 4. The Balaban J connectivity index is 1.58. The van der Waals surface area contributed by atoms with Crippen LogP contribution in [-0.2, 0) is 11.2 Å². The second kappa shape index (κ2) is 5.18. The Morgan fingerprint density at radius 2 is 2.18 bits per heavy atom. The summed E-state index contributed by atoms with van der Waals surface area (Å²) in [7, 11) is 0. The Kier molecular flexibility index (Phi) is 3.27.